The summed E-state index contributed by atoms with van der Waals surface area (Å²) in [5.41, 5.74) is 3.99. The number of nitrogens with one attached hydrogen (secondary N) is 2. The summed E-state index contributed by atoms with van der Waals surface area (Å²) in [7, 11) is 4.19. The fraction of sp³-hybridized carbons (Fsp3) is 0.450. The largest absolute Gasteiger partial charge is 0.357 e. The maximum absolute atomic E-state index is 4.78. The zero-order chi connectivity index (χ0) is 18.1. The first-order chi connectivity index (χ1) is 12.1. The minimum Gasteiger partial charge on any atom is -0.357 e. The molecule has 0 fully saturated rings. The second-order valence-corrected chi connectivity index (χ2v) is 7.32. The molecule has 0 saturated carbocycles. The van der Waals surface area contributed by atoms with Gasteiger partial charge in [0.25, 0.3) is 0 Å². The van der Waals surface area contributed by atoms with Crippen molar-refractivity contribution in [2.45, 2.75) is 32.9 Å². The topological polar surface area (TPSA) is 39.7 Å². The van der Waals surface area contributed by atoms with E-state index < -0.39 is 0 Å². The third kappa shape index (κ3) is 7.63. The van der Waals surface area contributed by atoms with Crippen molar-refractivity contribution < 1.29 is 0 Å². The number of hydrogen-bond acceptors (Lipinski definition) is 3. The summed E-state index contributed by atoms with van der Waals surface area (Å²) in [6.07, 6.45) is 0. The summed E-state index contributed by atoms with van der Waals surface area (Å²) in [6.45, 7) is 7.70. The van der Waals surface area contributed by atoms with Crippen LogP contribution in [0.4, 0.5) is 0 Å². The Morgan fingerprint density at radius 2 is 1.88 bits per heavy atom. The Morgan fingerprint density at radius 1 is 1.15 bits per heavy atom. The van der Waals surface area contributed by atoms with E-state index in [9.17, 15) is 0 Å². The monoisotopic (exact) mass is 486 g/mol. The molecule has 0 aliphatic rings. The summed E-state index contributed by atoms with van der Waals surface area (Å²) in [6, 6.07) is 10.7. The van der Waals surface area contributed by atoms with Crippen LogP contribution in [0.3, 0.4) is 0 Å². The molecule has 0 spiro atoms. The molecule has 144 valence electrons. The molecule has 26 heavy (non-hydrogen) atoms. The van der Waals surface area contributed by atoms with Crippen LogP contribution < -0.4 is 10.6 Å². The van der Waals surface area contributed by atoms with Crippen molar-refractivity contribution in [3.8, 4) is 0 Å². The normalized spacial score (nSPS) is 12.6. The fourth-order valence-corrected chi connectivity index (χ4v) is 3.42. The zero-order valence-electron chi connectivity index (χ0n) is 16.2. The zero-order valence-corrected chi connectivity index (χ0v) is 19.3. The quantitative estimate of drug-likeness (QED) is 0.332. The first-order valence-electron chi connectivity index (χ1n) is 8.86. The Hall–Kier alpha value is -1.12. The van der Waals surface area contributed by atoms with Gasteiger partial charge in [0.1, 0.15) is 0 Å². The molecule has 1 unspecified atom stereocenters. The highest BCUT2D eigenvalue weighted by molar-refractivity contribution is 14.0. The highest BCUT2D eigenvalue weighted by atomic mass is 127. The molecular weight excluding hydrogens is 455 g/mol. The Labute approximate surface area is 179 Å². The van der Waals surface area contributed by atoms with E-state index in [1.807, 2.05) is 0 Å². The highest BCUT2D eigenvalue weighted by Gasteiger charge is 2.08. The summed E-state index contributed by atoms with van der Waals surface area (Å²) in [4.78, 5) is 6.97. The first-order valence-corrected chi connectivity index (χ1v) is 9.80. The molecular formula is C20H31IN4S. The van der Waals surface area contributed by atoms with Gasteiger partial charge in [0.15, 0.2) is 5.96 Å². The van der Waals surface area contributed by atoms with Crippen LogP contribution in [0.25, 0.3) is 0 Å². The third-order valence-corrected chi connectivity index (χ3v) is 4.75. The lowest BCUT2D eigenvalue weighted by molar-refractivity contribution is 0.401. The van der Waals surface area contributed by atoms with Crippen LogP contribution in [-0.4, -0.2) is 38.0 Å². The van der Waals surface area contributed by atoms with Crippen LogP contribution in [0, 0.1) is 0 Å². The van der Waals surface area contributed by atoms with Crippen LogP contribution >= 0.6 is 35.3 Å². The molecule has 0 amide bonds. The van der Waals surface area contributed by atoms with Crippen LogP contribution in [-0.2, 0) is 13.1 Å². The van der Waals surface area contributed by atoms with E-state index in [2.05, 4.69) is 84.6 Å². The predicted molar refractivity (Wildman–Crippen MR) is 125 cm³/mol. The van der Waals surface area contributed by atoms with Crippen LogP contribution in [0.5, 0.6) is 0 Å². The van der Waals surface area contributed by atoms with Gasteiger partial charge in [-0.05, 0) is 60.5 Å². The summed E-state index contributed by atoms with van der Waals surface area (Å²) < 4.78 is 0. The average molecular weight is 486 g/mol. The van der Waals surface area contributed by atoms with Crippen molar-refractivity contribution >= 4 is 41.3 Å². The molecule has 0 radical (unpaired) electrons. The molecule has 1 atom stereocenters. The maximum atomic E-state index is 4.78. The standard InChI is InChI=1S/C20H30N4S.HI/c1-5-21-20(22-12-16(2)19-10-11-25-15-19)23-13-17-8-6-7-9-18(17)14-24(3)4;/h6-11,15-16H,5,12-14H2,1-4H3,(H2,21,22,23);1H. The average Bonchev–Trinajstić information content (AvgIpc) is 3.12. The molecule has 0 bridgehead atoms. The van der Waals surface area contributed by atoms with E-state index in [0.29, 0.717) is 12.5 Å². The Bertz CT molecular complexity index is 656. The summed E-state index contributed by atoms with van der Waals surface area (Å²) >= 11 is 1.75. The molecule has 0 saturated heterocycles. The smallest absolute Gasteiger partial charge is 0.191 e. The minimum atomic E-state index is 0. The van der Waals surface area contributed by atoms with Crippen molar-refractivity contribution in [2.75, 3.05) is 27.2 Å². The van der Waals surface area contributed by atoms with Gasteiger partial charge < -0.3 is 15.5 Å². The summed E-state index contributed by atoms with van der Waals surface area (Å²) in [5.74, 6) is 1.35. The molecule has 0 aliphatic carbocycles. The molecule has 0 aliphatic heterocycles. The highest BCUT2D eigenvalue weighted by Crippen LogP contribution is 2.17. The molecule has 2 aromatic rings. The van der Waals surface area contributed by atoms with Crippen LogP contribution in [0.15, 0.2) is 46.1 Å². The molecule has 4 nitrogen and oxygen atoms in total. The van der Waals surface area contributed by atoms with Crippen LogP contribution in [0.2, 0.25) is 0 Å². The number of hydrogen-bond donors (Lipinski definition) is 2. The second-order valence-electron chi connectivity index (χ2n) is 6.54. The number of benzene rings is 1. The van der Waals surface area contributed by atoms with Gasteiger partial charge >= 0.3 is 0 Å². The third-order valence-electron chi connectivity index (χ3n) is 4.04. The lowest BCUT2D eigenvalue weighted by Gasteiger charge is -2.16. The number of aliphatic imine (C=N–C) groups is 1. The maximum Gasteiger partial charge on any atom is 0.191 e. The number of halogens is 1. The number of nitrogens with zero attached hydrogens (tertiary/aromatic N) is 2. The Balaban J connectivity index is 0.00000338. The predicted octanol–water partition coefficient (Wildman–Crippen LogP) is 4.29. The summed E-state index contributed by atoms with van der Waals surface area (Å²) in [5, 5.41) is 11.2. The van der Waals surface area contributed by atoms with Crippen molar-refractivity contribution in [3.05, 3.63) is 57.8 Å². The van der Waals surface area contributed by atoms with Crippen molar-refractivity contribution in [2.24, 2.45) is 4.99 Å². The van der Waals surface area contributed by atoms with Gasteiger partial charge in [0, 0.05) is 19.6 Å². The van der Waals surface area contributed by atoms with Gasteiger partial charge in [-0.15, -0.1) is 24.0 Å². The fourth-order valence-electron chi connectivity index (χ4n) is 2.64. The van der Waals surface area contributed by atoms with E-state index in [1.54, 1.807) is 11.3 Å². The van der Waals surface area contributed by atoms with Gasteiger partial charge in [-0.25, -0.2) is 4.99 Å². The van der Waals surface area contributed by atoms with E-state index in [1.165, 1.54) is 16.7 Å². The number of thiophene rings is 1. The van der Waals surface area contributed by atoms with Crippen molar-refractivity contribution in [3.63, 3.8) is 0 Å². The van der Waals surface area contributed by atoms with E-state index in [0.717, 1.165) is 25.6 Å². The van der Waals surface area contributed by atoms with Crippen molar-refractivity contribution in [1.82, 2.24) is 15.5 Å². The van der Waals surface area contributed by atoms with Gasteiger partial charge in [-0.1, -0.05) is 31.2 Å². The molecule has 1 aromatic carbocycles. The van der Waals surface area contributed by atoms with E-state index in [4.69, 9.17) is 4.99 Å². The van der Waals surface area contributed by atoms with Crippen molar-refractivity contribution in [1.29, 1.82) is 0 Å². The second kappa shape index (κ2) is 12.3. The van der Waals surface area contributed by atoms with Gasteiger partial charge in [-0.2, -0.15) is 11.3 Å². The van der Waals surface area contributed by atoms with Gasteiger partial charge in [0.05, 0.1) is 6.54 Å². The molecule has 1 heterocycles. The minimum absolute atomic E-state index is 0. The van der Waals surface area contributed by atoms with Gasteiger partial charge in [0.2, 0.25) is 0 Å². The molecule has 1 aromatic heterocycles. The van der Waals surface area contributed by atoms with E-state index in [-0.39, 0.29) is 24.0 Å². The first kappa shape index (κ1) is 22.9. The lowest BCUT2D eigenvalue weighted by Crippen LogP contribution is -2.39. The molecule has 6 heteroatoms. The lowest BCUT2D eigenvalue weighted by atomic mass is 10.1. The number of guanidine groups is 1. The van der Waals surface area contributed by atoms with Crippen LogP contribution in [0.1, 0.15) is 36.5 Å². The molecule has 2 N–H and O–H groups in total. The Kier molecular flexibility index (Phi) is 10.8. The van der Waals surface area contributed by atoms with E-state index >= 15 is 0 Å². The molecule has 2 rings (SSSR count). The number of rotatable bonds is 8. The SMILES string of the molecule is CCNC(=NCc1ccccc1CN(C)C)NCC(C)c1ccsc1.I. The Morgan fingerprint density at radius 3 is 2.50 bits per heavy atom. The van der Waals surface area contributed by atoms with Gasteiger partial charge in [-0.3, -0.25) is 0 Å².